The van der Waals surface area contributed by atoms with Crippen LogP contribution >= 0.6 is 11.3 Å². The number of hydrogen-bond donors (Lipinski definition) is 1. The summed E-state index contributed by atoms with van der Waals surface area (Å²) in [5.41, 5.74) is 3.57. The molecule has 1 aromatic heterocycles. The molecule has 146 valence electrons. The van der Waals surface area contributed by atoms with Crippen molar-refractivity contribution in [2.24, 2.45) is 0 Å². The second-order valence-corrected chi connectivity index (χ2v) is 7.93. The van der Waals surface area contributed by atoms with Gasteiger partial charge in [0.15, 0.2) is 0 Å². The Morgan fingerprint density at radius 3 is 2.61 bits per heavy atom. The second kappa shape index (κ2) is 9.23. The van der Waals surface area contributed by atoms with Crippen LogP contribution in [0.25, 0.3) is 0 Å². The summed E-state index contributed by atoms with van der Waals surface area (Å²) >= 11 is 1.53. The van der Waals surface area contributed by atoms with Crippen LogP contribution in [0.4, 0.5) is 9.52 Å². The maximum absolute atomic E-state index is 13.0. The molecule has 0 atom stereocenters. The molecule has 0 spiro atoms. The zero-order valence-corrected chi connectivity index (χ0v) is 16.4. The minimum atomic E-state index is -0.223. The quantitative estimate of drug-likeness (QED) is 0.658. The lowest BCUT2D eigenvalue weighted by atomic mass is 10.1. The Morgan fingerprint density at radius 2 is 1.79 bits per heavy atom. The summed E-state index contributed by atoms with van der Waals surface area (Å²) in [6, 6.07) is 15.1. The van der Waals surface area contributed by atoms with E-state index in [-0.39, 0.29) is 5.82 Å². The molecule has 1 fully saturated rings. The van der Waals surface area contributed by atoms with Crippen molar-refractivity contribution in [2.45, 2.75) is 19.5 Å². The van der Waals surface area contributed by atoms with Crippen LogP contribution in [0.2, 0.25) is 0 Å². The molecule has 0 unspecified atom stereocenters. The number of nitrogens with one attached hydrogen (secondary N) is 1. The largest absolute Gasteiger partial charge is 0.379 e. The van der Waals surface area contributed by atoms with Gasteiger partial charge >= 0.3 is 0 Å². The molecule has 0 saturated carbocycles. The highest BCUT2D eigenvalue weighted by Crippen LogP contribution is 2.20. The normalized spacial score (nSPS) is 14.9. The van der Waals surface area contributed by atoms with E-state index >= 15 is 0 Å². The van der Waals surface area contributed by atoms with Crippen molar-refractivity contribution in [3.8, 4) is 0 Å². The highest BCUT2D eigenvalue weighted by atomic mass is 32.1. The molecule has 1 aliphatic rings. The van der Waals surface area contributed by atoms with Crippen LogP contribution in [0, 0.1) is 5.82 Å². The van der Waals surface area contributed by atoms with Crippen molar-refractivity contribution in [1.82, 2.24) is 15.1 Å². The number of halogens is 1. The number of aromatic nitrogens is 2. The van der Waals surface area contributed by atoms with Gasteiger partial charge in [-0.15, -0.1) is 10.2 Å². The first-order chi connectivity index (χ1) is 13.7. The van der Waals surface area contributed by atoms with Crippen molar-refractivity contribution in [3.63, 3.8) is 0 Å². The molecule has 0 bridgehead atoms. The number of anilines is 1. The molecule has 0 radical (unpaired) electrons. The van der Waals surface area contributed by atoms with Gasteiger partial charge in [-0.3, -0.25) is 4.90 Å². The average molecular weight is 399 g/mol. The molecule has 3 aromatic rings. The van der Waals surface area contributed by atoms with Crippen molar-refractivity contribution >= 4 is 16.5 Å². The standard InChI is InChI=1S/C21H23FN4OS/c22-19-6-4-16(5-7-19)13-20-24-25-21(28-20)23-14-17-2-1-3-18(12-17)15-26-8-10-27-11-9-26/h1-7,12H,8-11,13-15H2,(H,23,25). The first-order valence-corrected chi connectivity index (χ1v) is 10.2. The Morgan fingerprint density at radius 1 is 1.00 bits per heavy atom. The summed E-state index contributed by atoms with van der Waals surface area (Å²) in [4.78, 5) is 2.42. The summed E-state index contributed by atoms with van der Waals surface area (Å²) in [5.74, 6) is -0.223. The summed E-state index contributed by atoms with van der Waals surface area (Å²) in [6.07, 6.45) is 0.661. The van der Waals surface area contributed by atoms with E-state index in [0.717, 1.165) is 48.6 Å². The third-order valence-electron chi connectivity index (χ3n) is 4.68. The van der Waals surface area contributed by atoms with Gasteiger partial charge in [0.25, 0.3) is 0 Å². The van der Waals surface area contributed by atoms with Gasteiger partial charge in [0.2, 0.25) is 5.13 Å². The lowest BCUT2D eigenvalue weighted by molar-refractivity contribution is 0.0342. The first kappa shape index (κ1) is 19.0. The Labute approximate surface area is 168 Å². The molecule has 5 nitrogen and oxygen atoms in total. The predicted molar refractivity (Wildman–Crippen MR) is 109 cm³/mol. The van der Waals surface area contributed by atoms with Crippen molar-refractivity contribution in [2.75, 3.05) is 31.6 Å². The molecule has 4 rings (SSSR count). The number of hydrogen-bond acceptors (Lipinski definition) is 6. The fraction of sp³-hybridized carbons (Fsp3) is 0.333. The molecule has 2 aromatic carbocycles. The van der Waals surface area contributed by atoms with Crippen LogP contribution in [0.3, 0.4) is 0 Å². The number of benzene rings is 2. The van der Waals surface area contributed by atoms with E-state index in [4.69, 9.17) is 4.74 Å². The summed E-state index contributed by atoms with van der Waals surface area (Å²) in [7, 11) is 0. The molecule has 28 heavy (non-hydrogen) atoms. The Hall–Kier alpha value is -2.35. The minimum Gasteiger partial charge on any atom is -0.379 e. The molecule has 1 aliphatic heterocycles. The summed E-state index contributed by atoms with van der Waals surface area (Å²) < 4.78 is 18.4. The van der Waals surface area contributed by atoms with Crippen LogP contribution in [0.5, 0.6) is 0 Å². The SMILES string of the molecule is Fc1ccc(Cc2nnc(NCc3cccc(CN4CCOCC4)c3)s2)cc1. The predicted octanol–water partition coefficient (Wildman–Crippen LogP) is 3.71. The zero-order chi connectivity index (χ0) is 19.2. The lowest BCUT2D eigenvalue weighted by Crippen LogP contribution is -2.35. The smallest absolute Gasteiger partial charge is 0.205 e. The van der Waals surface area contributed by atoms with Crippen LogP contribution in [0.15, 0.2) is 48.5 Å². The van der Waals surface area contributed by atoms with Gasteiger partial charge in [-0.25, -0.2) is 4.39 Å². The van der Waals surface area contributed by atoms with Crippen LogP contribution in [-0.4, -0.2) is 41.4 Å². The average Bonchev–Trinajstić information content (AvgIpc) is 3.17. The van der Waals surface area contributed by atoms with E-state index in [2.05, 4.69) is 44.7 Å². The van der Waals surface area contributed by atoms with Gasteiger partial charge in [0.05, 0.1) is 13.2 Å². The summed E-state index contributed by atoms with van der Waals surface area (Å²) in [5, 5.41) is 13.5. The van der Waals surface area contributed by atoms with Crippen LogP contribution in [-0.2, 0) is 24.2 Å². The Balaban J connectivity index is 1.31. The maximum Gasteiger partial charge on any atom is 0.205 e. The molecular weight excluding hydrogens is 375 g/mol. The molecule has 1 saturated heterocycles. The van der Waals surface area contributed by atoms with Crippen LogP contribution in [0.1, 0.15) is 21.7 Å². The lowest BCUT2D eigenvalue weighted by Gasteiger charge is -2.26. The van der Waals surface area contributed by atoms with Gasteiger partial charge in [-0.1, -0.05) is 47.7 Å². The van der Waals surface area contributed by atoms with E-state index in [0.29, 0.717) is 13.0 Å². The molecule has 0 aliphatic carbocycles. The Kier molecular flexibility index (Phi) is 6.26. The van der Waals surface area contributed by atoms with E-state index in [1.807, 2.05) is 0 Å². The molecule has 1 N–H and O–H groups in total. The monoisotopic (exact) mass is 398 g/mol. The topological polar surface area (TPSA) is 50.3 Å². The van der Waals surface area contributed by atoms with Gasteiger partial charge < -0.3 is 10.1 Å². The fourth-order valence-corrected chi connectivity index (χ4v) is 3.98. The number of nitrogens with zero attached hydrogens (tertiary/aromatic N) is 3. The highest BCUT2D eigenvalue weighted by molar-refractivity contribution is 7.15. The van der Waals surface area contributed by atoms with E-state index in [9.17, 15) is 4.39 Å². The van der Waals surface area contributed by atoms with Crippen molar-refractivity contribution < 1.29 is 9.13 Å². The minimum absolute atomic E-state index is 0.223. The molecule has 7 heteroatoms. The fourth-order valence-electron chi connectivity index (χ4n) is 3.21. The number of ether oxygens (including phenoxy) is 1. The van der Waals surface area contributed by atoms with Gasteiger partial charge in [-0.2, -0.15) is 0 Å². The van der Waals surface area contributed by atoms with Crippen molar-refractivity contribution in [1.29, 1.82) is 0 Å². The molecular formula is C21H23FN4OS. The Bertz CT molecular complexity index is 893. The number of rotatable bonds is 7. The van der Waals surface area contributed by atoms with Crippen molar-refractivity contribution in [3.05, 3.63) is 76.0 Å². The van der Waals surface area contributed by atoms with E-state index < -0.39 is 0 Å². The highest BCUT2D eigenvalue weighted by Gasteiger charge is 2.11. The molecule has 2 heterocycles. The van der Waals surface area contributed by atoms with Gasteiger partial charge in [-0.05, 0) is 28.8 Å². The zero-order valence-electron chi connectivity index (χ0n) is 15.6. The van der Waals surface area contributed by atoms with E-state index in [1.54, 1.807) is 12.1 Å². The third-order valence-corrected chi connectivity index (χ3v) is 5.56. The third kappa shape index (κ3) is 5.34. The van der Waals surface area contributed by atoms with Gasteiger partial charge in [0.1, 0.15) is 10.8 Å². The van der Waals surface area contributed by atoms with Crippen LogP contribution < -0.4 is 5.32 Å². The summed E-state index contributed by atoms with van der Waals surface area (Å²) in [6.45, 7) is 5.28. The maximum atomic E-state index is 13.0. The van der Waals surface area contributed by atoms with E-state index in [1.165, 1.54) is 34.6 Å². The first-order valence-electron chi connectivity index (χ1n) is 9.43. The number of morpholine rings is 1. The molecule has 0 amide bonds. The second-order valence-electron chi connectivity index (χ2n) is 6.87. The van der Waals surface area contributed by atoms with Gasteiger partial charge in [0, 0.05) is 32.6 Å².